The molecule has 2 unspecified atom stereocenters. The van der Waals surface area contributed by atoms with E-state index in [-0.39, 0.29) is 80.4 Å². The number of hydrogen-bond acceptors (Lipinski definition) is 11. The van der Waals surface area contributed by atoms with Crippen LogP contribution in [0.4, 0.5) is 36.7 Å². The molecule has 8 rings (SSSR count). The molecule has 364 valence electrons. The molecule has 1 aromatic heterocycles. The normalized spacial score (nSPS) is 20.4. The van der Waals surface area contributed by atoms with E-state index in [9.17, 15) is 42.3 Å². The number of carboxylic acids is 2. The number of fused-ring (bicyclic) bond motifs is 1. The van der Waals surface area contributed by atoms with Crippen LogP contribution >= 0.6 is 22.9 Å². The minimum absolute atomic E-state index is 0.0242. The molecule has 3 saturated heterocycles. The minimum atomic E-state index is -3.89. The zero-order valence-corrected chi connectivity index (χ0v) is 40.2. The van der Waals surface area contributed by atoms with Gasteiger partial charge in [-0.1, -0.05) is 41.9 Å². The number of amides is 6. The summed E-state index contributed by atoms with van der Waals surface area (Å²) in [5.41, 5.74) is 2.46. The highest BCUT2D eigenvalue weighted by Gasteiger charge is 2.43. The largest absolute Gasteiger partial charge is 0.503 e. The van der Waals surface area contributed by atoms with Gasteiger partial charge in [0.15, 0.2) is 34.4 Å². The summed E-state index contributed by atoms with van der Waals surface area (Å²) >= 11 is 7.08. The second-order valence-electron chi connectivity index (χ2n) is 18.1. The van der Waals surface area contributed by atoms with Gasteiger partial charge < -0.3 is 30.5 Å². The molecule has 6 amide bonds. The van der Waals surface area contributed by atoms with Gasteiger partial charge in [-0.3, -0.25) is 14.9 Å². The molecule has 2 atom stereocenters. The Balaban J connectivity index is 0.859. The second kappa shape index (κ2) is 19.5. The first-order chi connectivity index (χ1) is 32.7. The third-order valence-corrected chi connectivity index (χ3v) is 16.6. The van der Waals surface area contributed by atoms with Crippen molar-refractivity contribution >= 4 is 97.7 Å². The number of piperidine rings is 3. The number of carbonyl (C=O) groups is 6. The number of nitrogens with zero attached hydrogens (tertiary/aromatic N) is 4. The molecule has 69 heavy (non-hydrogen) atoms. The lowest BCUT2D eigenvalue weighted by molar-refractivity contribution is -0.319. The number of aliphatic carboxylic acids is 1. The lowest BCUT2D eigenvalue weighted by Crippen LogP contribution is -2.55. The van der Waals surface area contributed by atoms with Crippen LogP contribution in [-0.4, -0.2) is 119 Å². The summed E-state index contributed by atoms with van der Waals surface area (Å²) in [5.74, 6) is -5.43. The Labute approximate surface area is 405 Å². The molecule has 0 bridgehead atoms. The maximum absolute atomic E-state index is 16.1. The highest BCUT2D eigenvalue weighted by molar-refractivity contribution is 7.88. The molecule has 3 aromatic carbocycles. The van der Waals surface area contributed by atoms with Crippen molar-refractivity contribution in [2.75, 3.05) is 48.8 Å². The Morgan fingerprint density at radius 3 is 2.45 bits per heavy atom. The summed E-state index contributed by atoms with van der Waals surface area (Å²) < 4.78 is 52.2. The molecular weight excluding hydrogens is 957 g/mol. The van der Waals surface area contributed by atoms with Crippen LogP contribution < -0.4 is 25.6 Å². The van der Waals surface area contributed by atoms with Gasteiger partial charge >= 0.3 is 24.0 Å². The monoisotopic (exact) mass is 1010 g/mol. The molecule has 3 fully saturated rings. The van der Waals surface area contributed by atoms with Crippen LogP contribution in [0.2, 0.25) is 5.02 Å². The van der Waals surface area contributed by atoms with E-state index in [1.54, 1.807) is 62.3 Å². The molecule has 5 heterocycles. The SMILES string of the molecule is CN1C(=O)/[N+](=C\C2CCC(=O)NC2=O)c2ccc(C3CCN(C(=O)Nc4cccc(CS(=O)(=O)N5CCC(Nc6cccc(-c7sc(C(=O)O)c(OCC(=O)O)c7Cl)c6F)CC5(C)C)c4)CC3)cc21. The number of benzene rings is 3. The number of nitrogens with one attached hydrogen (secondary N) is 3. The third kappa shape index (κ3) is 10.3. The predicted octanol–water partition coefficient (Wildman–Crippen LogP) is 7.30. The molecule has 0 radical (unpaired) electrons. The Morgan fingerprint density at radius 2 is 1.75 bits per heavy atom. The van der Waals surface area contributed by atoms with E-state index in [0.29, 0.717) is 79.2 Å². The van der Waals surface area contributed by atoms with Crippen LogP contribution in [0.15, 0.2) is 60.7 Å². The number of aromatic carboxylic acids is 1. The quantitative estimate of drug-likeness (QED) is 0.0656. The number of sulfonamides is 1. The summed E-state index contributed by atoms with van der Waals surface area (Å²) in [6, 6.07) is 16.0. The number of likely N-dealkylation sites (tertiary alicyclic amines) is 1. The molecule has 0 saturated carbocycles. The molecule has 0 aliphatic carbocycles. The zero-order valence-electron chi connectivity index (χ0n) is 37.8. The Hall–Kier alpha value is -6.42. The van der Waals surface area contributed by atoms with Crippen LogP contribution in [0.3, 0.4) is 0 Å². The third-order valence-electron chi connectivity index (χ3n) is 12.9. The molecule has 4 aliphatic rings. The number of carboxylic acid groups (broad SMARTS) is 2. The lowest BCUT2D eigenvalue weighted by Gasteiger charge is -2.45. The van der Waals surface area contributed by atoms with Crippen LogP contribution in [-0.2, 0) is 30.2 Å². The predicted molar refractivity (Wildman–Crippen MR) is 256 cm³/mol. The first-order valence-electron chi connectivity index (χ1n) is 22.2. The smallest absolute Gasteiger partial charge is 0.479 e. The molecule has 22 heteroatoms. The molecular formula is C47H50ClFN7O11S2+. The molecule has 0 spiro atoms. The summed E-state index contributed by atoms with van der Waals surface area (Å²) in [7, 11) is -2.22. The van der Waals surface area contributed by atoms with E-state index >= 15 is 4.39 Å². The minimum Gasteiger partial charge on any atom is -0.479 e. The molecule has 18 nitrogen and oxygen atoms in total. The maximum atomic E-state index is 16.1. The van der Waals surface area contributed by atoms with Crippen molar-refractivity contribution in [3.05, 3.63) is 87.5 Å². The van der Waals surface area contributed by atoms with Crippen LogP contribution in [0.5, 0.6) is 5.75 Å². The summed E-state index contributed by atoms with van der Waals surface area (Å²) in [4.78, 5) is 76.6. The van der Waals surface area contributed by atoms with E-state index in [1.165, 1.54) is 25.9 Å². The van der Waals surface area contributed by atoms with Gasteiger partial charge in [0.2, 0.25) is 21.8 Å². The number of urea groups is 2. The van der Waals surface area contributed by atoms with Gasteiger partial charge in [0.1, 0.15) is 5.02 Å². The highest BCUT2D eigenvalue weighted by atomic mass is 35.5. The van der Waals surface area contributed by atoms with Crippen LogP contribution in [0.1, 0.15) is 79.1 Å². The van der Waals surface area contributed by atoms with Crippen molar-refractivity contribution in [3.8, 4) is 16.2 Å². The Kier molecular flexibility index (Phi) is 13.9. The number of thiophene rings is 1. The van der Waals surface area contributed by atoms with Gasteiger partial charge in [-0.25, -0.2) is 27.2 Å². The van der Waals surface area contributed by atoms with Crippen molar-refractivity contribution in [1.82, 2.24) is 14.5 Å². The van der Waals surface area contributed by atoms with E-state index in [4.69, 9.17) is 21.4 Å². The van der Waals surface area contributed by atoms with E-state index in [1.807, 2.05) is 18.2 Å². The lowest BCUT2D eigenvalue weighted by atomic mass is 9.89. The Morgan fingerprint density at radius 1 is 1.01 bits per heavy atom. The first-order valence-corrected chi connectivity index (χ1v) is 25.0. The fraction of sp³-hybridized carbons (Fsp3) is 0.383. The first kappa shape index (κ1) is 49.0. The standard InChI is InChI=1S/C47H49ClFN7O11S2/c1-47(2)22-31(50-33-9-5-8-32(39(33)49)41-38(48)40(67-24-37(58)59)42(68-41)44(61)62)16-19-56(47)69(65,66)25-26-6-4-7-30(20-26)51-45(63)54-17-14-27(15-18-54)28-10-12-34-35(21-28)53(3)46(64)55(34)23-29-11-13-36(57)52-43(29)60/h4-10,12,20-21,23,27,29,31,50H,11,13-19,22,24-25H2,1-3H3,(H3-,51,52,57,58,59,60,61,62,63)/p+1/b55-23-. The fourth-order valence-corrected chi connectivity index (χ4v) is 12.9. The average molecular weight is 1010 g/mol. The van der Waals surface area contributed by atoms with Gasteiger partial charge in [-0.05, 0) is 93.3 Å². The number of imide groups is 1. The summed E-state index contributed by atoms with van der Waals surface area (Å²) in [6.07, 6.45) is 4.09. The van der Waals surface area contributed by atoms with Crippen molar-refractivity contribution in [2.45, 2.75) is 75.6 Å². The number of ether oxygens (including phenoxy) is 1. The number of rotatable bonds is 13. The number of halogens is 2. The molecule has 4 aliphatic heterocycles. The fourth-order valence-electron chi connectivity index (χ4n) is 9.49. The van der Waals surface area contributed by atoms with Crippen LogP contribution in [0, 0.1) is 11.7 Å². The van der Waals surface area contributed by atoms with Gasteiger partial charge in [0.05, 0.1) is 35.5 Å². The van der Waals surface area contributed by atoms with Gasteiger partial charge in [-0.2, -0.15) is 18.6 Å². The van der Waals surface area contributed by atoms with E-state index < -0.39 is 51.8 Å². The van der Waals surface area contributed by atoms with Crippen molar-refractivity contribution in [1.29, 1.82) is 0 Å². The van der Waals surface area contributed by atoms with E-state index in [0.717, 1.165) is 5.56 Å². The van der Waals surface area contributed by atoms with Gasteiger partial charge in [0, 0.05) is 48.9 Å². The van der Waals surface area contributed by atoms with E-state index in [2.05, 4.69) is 16.0 Å². The zero-order chi connectivity index (χ0) is 49.5. The van der Waals surface area contributed by atoms with Crippen molar-refractivity contribution in [2.24, 2.45) is 5.92 Å². The topological polar surface area (TPSA) is 235 Å². The highest BCUT2D eigenvalue weighted by Crippen LogP contribution is 2.47. The Bertz CT molecular complexity index is 2920. The summed E-state index contributed by atoms with van der Waals surface area (Å²) in [5, 5.41) is 26.9. The average Bonchev–Trinajstić information content (AvgIpc) is 3.74. The maximum Gasteiger partial charge on any atom is 0.503 e. The molecule has 4 aromatic rings. The number of hydrogen-bond donors (Lipinski definition) is 5. The van der Waals surface area contributed by atoms with Crippen LogP contribution in [0.25, 0.3) is 10.4 Å². The van der Waals surface area contributed by atoms with Gasteiger partial charge in [0.25, 0.3) is 0 Å². The number of carbonyl (C=O) groups excluding carboxylic acids is 4. The summed E-state index contributed by atoms with van der Waals surface area (Å²) in [6.45, 7) is 3.81. The van der Waals surface area contributed by atoms with Crippen molar-refractivity contribution < 1.29 is 61.1 Å². The second-order valence-corrected chi connectivity index (χ2v) is 21.4. The molecule has 5 N–H and O–H groups in total. The van der Waals surface area contributed by atoms with Gasteiger partial charge in [-0.15, -0.1) is 11.3 Å². The number of anilines is 3. The van der Waals surface area contributed by atoms with Crippen molar-refractivity contribution in [3.63, 3.8) is 0 Å².